The predicted molar refractivity (Wildman–Crippen MR) is 107 cm³/mol. The van der Waals surface area contributed by atoms with Gasteiger partial charge in [0.2, 0.25) is 0 Å². The molecule has 3 rings (SSSR count). The highest BCUT2D eigenvalue weighted by atomic mass is 19.1. The molecule has 1 heterocycles. The van der Waals surface area contributed by atoms with Gasteiger partial charge in [0, 0.05) is 0 Å². The van der Waals surface area contributed by atoms with Crippen LogP contribution in [0.2, 0.25) is 0 Å². The van der Waals surface area contributed by atoms with E-state index in [1.807, 2.05) is 39.0 Å². The lowest BCUT2D eigenvalue weighted by molar-refractivity contribution is 0.0945. The maximum atomic E-state index is 13.2. The minimum absolute atomic E-state index is 0.200. The van der Waals surface area contributed by atoms with Crippen molar-refractivity contribution in [1.82, 2.24) is 15.1 Å². The number of aryl methyl sites for hydroxylation is 3. The molecule has 0 aliphatic carbocycles. The Kier molecular flexibility index (Phi) is 5.78. The average molecular weight is 381 g/mol. The molecule has 28 heavy (non-hydrogen) atoms. The number of rotatable bonds is 6. The maximum absolute atomic E-state index is 13.2. The van der Waals surface area contributed by atoms with E-state index in [9.17, 15) is 9.18 Å². The van der Waals surface area contributed by atoms with Crippen molar-refractivity contribution in [2.75, 3.05) is 13.2 Å². The van der Waals surface area contributed by atoms with Gasteiger partial charge in [-0.05, 0) is 63.1 Å². The molecule has 2 aromatic carbocycles. The quantitative estimate of drug-likeness (QED) is 0.655. The fourth-order valence-corrected chi connectivity index (χ4v) is 3.24. The first-order valence-corrected chi connectivity index (χ1v) is 9.18. The topological polar surface area (TPSA) is 56.1 Å². The normalized spacial score (nSPS) is 10.8. The minimum atomic E-state index is -0.313. The third-order valence-corrected chi connectivity index (χ3v) is 4.63. The summed E-state index contributed by atoms with van der Waals surface area (Å²) >= 11 is 0. The number of carbonyl (C=O) groups excluding carboxylic acids is 1. The van der Waals surface area contributed by atoms with Crippen molar-refractivity contribution in [3.8, 4) is 11.4 Å². The highest BCUT2D eigenvalue weighted by Crippen LogP contribution is 2.22. The van der Waals surface area contributed by atoms with Crippen LogP contribution in [0.4, 0.5) is 4.39 Å². The summed E-state index contributed by atoms with van der Waals surface area (Å²) in [5.74, 6) is 0.342. The monoisotopic (exact) mass is 381 g/mol. The van der Waals surface area contributed by atoms with E-state index in [1.54, 1.807) is 23.7 Å². The summed E-state index contributed by atoms with van der Waals surface area (Å²) < 4.78 is 20.6. The molecule has 5 nitrogen and oxygen atoms in total. The van der Waals surface area contributed by atoms with Crippen LogP contribution in [0, 0.1) is 33.5 Å². The second-order valence-electron chi connectivity index (χ2n) is 6.76. The summed E-state index contributed by atoms with van der Waals surface area (Å²) in [6, 6.07) is 12.0. The molecule has 1 N–H and O–H groups in total. The van der Waals surface area contributed by atoms with Gasteiger partial charge in [0.25, 0.3) is 5.91 Å². The van der Waals surface area contributed by atoms with E-state index in [0.717, 1.165) is 16.9 Å². The lowest BCUT2D eigenvalue weighted by Crippen LogP contribution is -2.29. The summed E-state index contributed by atoms with van der Waals surface area (Å²) in [4.78, 5) is 12.7. The van der Waals surface area contributed by atoms with Gasteiger partial charge in [-0.1, -0.05) is 18.2 Å². The molecule has 0 atom stereocenters. The van der Waals surface area contributed by atoms with Gasteiger partial charge in [-0.15, -0.1) is 0 Å². The molecule has 6 heteroatoms. The number of benzene rings is 2. The van der Waals surface area contributed by atoms with Gasteiger partial charge in [0.15, 0.2) is 0 Å². The highest BCUT2D eigenvalue weighted by molar-refractivity contribution is 5.96. The zero-order valence-electron chi connectivity index (χ0n) is 16.5. The van der Waals surface area contributed by atoms with Crippen molar-refractivity contribution >= 4 is 5.91 Å². The van der Waals surface area contributed by atoms with Crippen molar-refractivity contribution in [3.05, 3.63) is 76.4 Å². The van der Waals surface area contributed by atoms with E-state index in [1.165, 1.54) is 12.1 Å². The van der Waals surface area contributed by atoms with E-state index in [-0.39, 0.29) is 11.7 Å². The standard InChI is InChI=1S/C22H24FN3O2/c1-14-6-5-7-15(2)21(14)28-13-12-24-22(27)20-16(3)25-26(17(20)4)19-10-8-18(23)9-11-19/h5-11H,12-13H2,1-4H3,(H,24,27). The molecule has 146 valence electrons. The third kappa shape index (κ3) is 4.06. The summed E-state index contributed by atoms with van der Waals surface area (Å²) in [5.41, 5.74) is 4.69. The molecule has 0 saturated carbocycles. The molecule has 0 aliphatic heterocycles. The number of nitrogens with zero attached hydrogens (tertiary/aromatic N) is 2. The number of carbonyl (C=O) groups is 1. The molecule has 3 aromatic rings. The fraction of sp³-hybridized carbons (Fsp3) is 0.273. The molecule has 0 saturated heterocycles. The highest BCUT2D eigenvalue weighted by Gasteiger charge is 2.19. The first kappa shape index (κ1) is 19.6. The summed E-state index contributed by atoms with van der Waals surface area (Å²) in [6.45, 7) is 8.37. The predicted octanol–water partition coefficient (Wildman–Crippen LogP) is 4.05. The Balaban J connectivity index is 1.65. The second kappa shape index (κ2) is 8.25. The van der Waals surface area contributed by atoms with E-state index in [4.69, 9.17) is 4.74 Å². The molecule has 0 radical (unpaired) electrons. The molecular formula is C22H24FN3O2. The lowest BCUT2D eigenvalue weighted by atomic mass is 10.1. The van der Waals surface area contributed by atoms with Crippen molar-refractivity contribution in [1.29, 1.82) is 0 Å². The van der Waals surface area contributed by atoms with Gasteiger partial charge in [-0.25, -0.2) is 9.07 Å². The van der Waals surface area contributed by atoms with Crippen molar-refractivity contribution in [2.24, 2.45) is 0 Å². The first-order valence-electron chi connectivity index (χ1n) is 9.18. The SMILES string of the molecule is Cc1cccc(C)c1OCCNC(=O)c1c(C)nn(-c2ccc(F)cc2)c1C. The fourth-order valence-electron chi connectivity index (χ4n) is 3.24. The number of nitrogens with one attached hydrogen (secondary N) is 1. The number of ether oxygens (including phenoxy) is 1. The van der Waals surface area contributed by atoms with Crippen LogP contribution >= 0.6 is 0 Å². The number of halogens is 1. The zero-order chi connectivity index (χ0) is 20.3. The van der Waals surface area contributed by atoms with Crippen LogP contribution in [-0.4, -0.2) is 28.8 Å². The number of para-hydroxylation sites is 1. The molecule has 1 aromatic heterocycles. The molecular weight excluding hydrogens is 357 g/mol. The van der Waals surface area contributed by atoms with Gasteiger partial charge >= 0.3 is 0 Å². The molecule has 0 unspecified atom stereocenters. The number of hydrogen-bond acceptors (Lipinski definition) is 3. The van der Waals surface area contributed by atoms with Crippen LogP contribution in [0.1, 0.15) is 32.9 Å². The van der Waals surface area contributed by atoms with Crippen LogP contribution in [-0.2, 0) is 0 Å². The van der Waals surface area contributed by atoms with Crippen molar-refractivity contribution < 1.29 is 13.9 Å². The number of hydrogen-bond donors (Lipinski definition) is 1. The molecule has 0 fully saturated rings. The number of aromatic nitrogens is 2. The molecule has 0 bridgehead atoms. The summed E-state index contributed by atoms with van der Waals surface area (Å²) in [6.07, 6.45) is 0. The molecule has 0 aliphatic rings. The van der Waals surface area contributed by atoms with E-state index in [2.05, 4.69) is 10.4 Å². The Labute approximate surface area is 164 Å². The van der Waals surface area contributed by atoms with Crippen LogP contribution in [0.15, 0.2) is 42.5 Å². The Bertz CT molecular complexity index is 974. The van der Waals surface area contributed by atoms with Gasteiger partial charge in [-0.2, -0.15) is 5.10 Å². The van der Waals surface area contributed by atoms with E-state index < -0.39 is 0 Å². The Morgan fingerprint density at radius 2 is 1.71 bits per heavy atom. The first-order chi connectivity index (χ1) is 13.4. The van der Waals surface area contributed by atoms with E-state index >= 15 is 0 Å². The van der Waals surface area contributed by atoms with Gasteiger partial charge in [-0.3, -0.25) is 4.79 Å². The van der Waals surface area contributed by atoms with E-state index in [0.29, 0.717) is 35.8 Å². The van der Waals surface area contributed by atoms with Gasteiger partial charge in [0.05, 0.1) is 29.2 Å². The van der Waals surface area contributed by atoms with Crippen LogP contribution in [0.5, 0.6) is 5.75 Å². The van der Waals surface area contributed by atoms with Crippen molar-refractivity contribution in [2.45, 2.75) is 27.7 Å². The third-order valence-electron chi connectivity index (χ3n) is 4.63. The Hall–Kier alpha value is -3.15. The van der Waals surface area contributed by atoms with Crippen LogP contribution in [0.25, 0.3) is 5.69 Å². The minimum Gasteiger partial charge on any atom is -0.491 e. The molecule has 0 spiro atoms. The zero-order valence-corrected chi connectivity index (χ0v) is 16.5. The maximum Gasteiger partial charge on any atom is 0.255 e. The molecule has 1 amide bonds. The average Bonchev–Trinajstić information content (AvgIpc) is 2.95. The van der Waals surface area contributed by atoms with Crippen LogP contribution < -0.4 is 10.1 Å². The smallest absolute Gasteiger partial charge is 0.255 e. The Morgan fingerprint density at radius 3 is 2.36 bits per heavy atom. The largest absolute Gasteiger partial charge is 0.491 e. The summed E-state index contributed by atoms with van der Waals surface area (Å²) in [5, 5.41) is 7.32. The number of amides is 1. The summed E-state index contributed by atoms with van der Waals surface area (Å²) in [7, 11) is 0. The van der Waals surface area contributed by atoms with Crippen LogP contribution in [0.3, 0.4) is 0 Å². The van der Waals surface area contributed by atoms with Gasteiger partial charge < -0.3 is 10.1 Å². The lowest BCUT2D eigenvalue weighted by Gasteiger charge is -2.12. The Morgan fingerprint density at radius 1 is 1.07 bits per heavy atom. The van der Waals surface area contributed by atoms with Gasteiger partial charge in [0.1, 0.15) is 18.2 Å². The second-order valence-corrected chi connectivity index (χ2v) is 6.76. The van der Waals surface area contributed by atoms with Crippen molar-refractivity contribution in [3.63, 3.8) is 0 Å².